The fourth-order valence-corrected chi connectivity index (χ4v) is 2.59. The summed E-state index contributed by atoms with van der Waals surface area (Å²) in [5, 5.41) is 2.99. The van der Waals surface area contributed by atoms with Crippen LogP contribution in [-0.4, -0.2) is 10.5 Å². The molecule has 0 bridgehead atoms. The van der Waals surface area contributed by atoms with Gasteiger partial charge in [0.2, 0.25) is 0 Å². The zero-order valence-electron chi connectivity index (χ0n) is 13.7. The molecule has 0 radical (unpaired) electrons. The first-order valence-corrected chi connectivity index (χ1v) is 7.78. The summed E-state index contributed by atoms with van der Waals surface area (Å²) < 4.78 is 15.0. The third-order valence-electron chi connectivity index (χ3n) is 4.02. The standard InChI is InChI=1S/C20H19FN2O/c1-20(2,16-7-9-17(21)10-8-16)22-19(24)15-5-11-18(12-6-15)23-13-3-4-14-23/h3-14H,1-2H3,(H,22,24). The van der Waals surface area contributed by atoms with Gasteiger partial charge in [-0.25, -0.2) is 4.39 Å². The number of hydrogen-bond acceptors (Lipinski definition) is 1. The van der Waals surface area contributed by atoms with Gasteiger partial charge in [0.1, 0.15) is 5.82 Å². The summed E-state index contributed by atoms with van der Waals surface area (Å²) in [5.41, 5.74) is 1.83. The fourth-order valence-electron chi connectivity index (χ4n) is 2.59. The van der Waals surface area contributed by atoms with E-state index in [1.54, 1.807) is 24.3 Å². The lowest BCUT2D eigenvalue weighted by atomic mass is 9.94. The molecular weight excluding hydrogens is 303 g/mol. The minimum atomic E-state index is -0.593. The van der Waals surface area contributed by atoms with E-state index >= 15 is 0 Å². The molecule has 3 aromatic rings. The molecule has 0 spiro atoms. The number of hydrogen-bond donors (Lipinski definition) is 1. The van der Waals surface area contributed by atoms with Gasteiger partial charge in [0, 0.05) is 23.6 Å². The zero-order chi connectivity index (χ0) is 17.2. The summed E-state index contributed by atoms with van der Waals surface area (Å²) in [4.78, 5) is 12.5. The second kappa shape index (κ2) is 6.32. The second-order valence-corrected chi connectivity index (χ2v) is 6.22. The Balaban J connectivity index is 1.75. The van der Waals surface area contributed by atoms with Crippen molar-refractivity contribution < 1.29 is 9.18 Å². The summed E-state index contributed by atoms with van der Waals surface area (Å²) in [7, 11) is 0. The van der Waals surface area contributed by atoms with Gasteiger partial charge in [-0.15, -0.1) is 0 Å². The van der Waals surface area contributed by atoms with Crippen molar-refractivity contribution >= 4 is 5.91 Å². The maximum absolute atomic E-state index is 13.1. The number of carbonyl (C=O) groups excluding carboxylic acids is 1. The van der Waals surface area contributed by atoms with Crippen molar-refractivity contribution in [3.8, 4) is 5.69 Å². The minimum Gasteiger partial charge on any atom is -0.343 e. The maximum Gasteiger partial charge on any atom is 0.251 e. The Morgan fingerprint density at radius 3 is 2.12 bits per heavy atom. The van der Waals surface area contributed by atoms with Crippen LogP contribution in [0.3, 0.4) is 0 Å². The van der Waals surface area contributed by atoms with Crippen LogP contribution in [0.4, 0.5) is 4.39 Å². The van der Waals surface area contributed by atoms with Crippen molar-refractivity contribution in [2.24, 2.45) is 0 Å². The summed E-state index contributed by atoms with van der Waals surface area (Å²) >= 11 is 0. The minimum absolute atomic E-state index is 0.164. The molecule has 1 amide bonds. The van der Waals surface area contributed by atoms with Crippen LogP contribution in [0.25, 0.3) is 5.69 Å². The first-order valence-electron chi connectivity index (χ1n) is 7.78. The molecule has 2 aromatic carbocycles. The smallest absolute Gasteiger partial charge is 0.251 e. The van der Waals surface area contributed by atoms with Crippen LogP contribution in [0.2, 0.25) is 0 Å². The Morgan fingerprint density at radius 1 is 0.958 bits per heavy atom. The van der Waals surface area contributed by atoms with Gasteiger partial charge in [-0.3, -0.25) is 4.79 Å². The fraction of sp³-hybridized carbons (Fsp3) is 0.150. The maximum atomic E-state index is 13.1. The molecule has 0 aliphatic heterocycles. The highest BCUT2D eigenvalue weighted by atomic mass is 19.1. The second-order valence-electron chi connectivity index (χ2n) is 6.22. The molecule has 1 N–H and O–H groups in total. The van der Waals surface area contributed by atoms with E-state index in [1.165, 1.54) is 12.1 Å². The predicted octanol–water partition coefficient (Wildman–Crippen LogP) is 4.28. The van der Waals surface area contributed by atoms with Gasteiger partial charge in [0.25, 0.3) is 5.91 Å². The van der Waals surface area contributed by atoms with Crippen molar-refractivity contribution in [3.05, 3.63) is 90.0 Å². The van der Waals surface area contributed by atoms with Crippen molar-refractivity contribution in [2.75, 3.05) is 0 Å². The van der Waals surface area contributed by atoms with E-state index in [0.717, 1.165) is 11.3 Å². The van der Waals surface area contributed by atoms with Crippen LogP contribution in [0.1, 0.15) is 29.8 Å². The van der Waals surface area contributed by atoms with E-state index in [0.29, 0.717) is 5.56 Å². The number of amides is 1. The highest BCUT2D eigenvalue weighted by Crippen LogP contribution is 2.21. The van der Waals surface area contributed by atoms with E-state index in [4.69, 9.17) is 0 Å². The SMILES string of the molecule is CC(C)(NC(=O)c1ccc(-n2cccc2)cc1)c1ccc(F)cc1. The highest BCUT2D eigenvalue weighted by molar-refractivity contribution is 5.94. The third-order valence-corrected chi connectivity index (χ3v) is 4.02. The molecule has 0 fully saturated rings. The Morgan fingerprint density at radius 2 is 1.54 bits per heavy atom. The monoisotopic (exact) mass is 322 g/mol. The van der Waals surface area contributed by atoms with Crippen molar-refractivity contribution in [2.45, 2.75) is 19.4 Å². The molecule has 4 heteroatoms. The molecule has 0 saturated carbocycles. The summed E-state index contributed by atoms with van der Waals surface area (Å²) in [6, 6.07) is 17.5. The lowest BCUT2D eigenvalue weighted by Gasteiger charge is -2.27. The first kappa shape index (κ1) is 16.0. The van der Waals surface area contributed by atoms with Gasteiger partial charge >= 0.3 is 0 Å². The Hall–Kier alpha value is -2.88. The van der Waals surface area contributed by atoms with Crippen LogP contribution in [0.15, 0.2) is 73.1 Å². The third kappa shape index (κ3) is 3.38. The van der Waals surface area contributed by atoms with Crippen molar-refractivity contribution in [1.82, 2.24) is 9.88 Å². The van der Waals surface area contributed by atoms with Crippen LogP contribution in [-0.2, 0) is 5.54 Å². The molecule has 0 aliphatic rings. The van der Waals surface area contributed by atoms with E-state index in [9.17, 15) is 9.18 Å². The van der Waals surface area contributed by atoms with E-state index in [-0.39, 0.29) is 11.7 Å². The molecule has 0 unspecified atom stereocenters. The highest BCUT2D eigenvalue weighted by Gasteiger charge is 2.23. The number of halogens is 1. The molecule has 0 saturated heterocycles. The van der Waals surface area contributed by atoms with Gasteiger partial charge in [-0.1, -0.05) is 12.1 Å². The average molecular weight is 322 g/mol. The van der Waals surface area contributed by atoms with E-state index in [1.807, 2.05) is 55.1 Å². The quantitative estimate of drug-likeness (QED) is 0.764. The number of carbonyl (C=O) groups is 1. The molecule has 0 atom stereocenters. The van der Waals surface area contributed by atoms with E-state index in [2.05, 4.69) is 5.32 Å². The average Bonchev–Trinajstić information content (AvgIpc) is 3.09. The number of aromatic nitrogens is 1. The molecule has 3 rings (SSSR count). The van der Waals surface area contributed by atoms with Gasteiger partial charge in [-0.2, -0.15) is 0 Å². The topological polar surface area (TPSA) is 34.0 Å². The van der Waals surface area contributed by atoms with Gasteiger partial charge in [0.05, 0.1) is 5.54 Å². The van der Waals surface area contributed by atoms with Crippen LogP contribution in [0, 0.1) is 5.82 Å². The number of nitrogens with zero attached hydrogens (tertiary/aromatic N) is 1. The van der Waals surface area contributed by atoms with Crippen LogP contribution >= 0.6 is 0 Å². The Labute approximate surface area is 140 Å². The molecular formula is C20H19FN2O. The lowest BCUT2D eigenvalue weighted by molar-refractivity contribution is 0.0912. The normalized spacial score (nSPS) is 11.3. The van der Waals surface area contributed by atoms with Crippen LogP contribution < -0.4 is 5.32 Å². The first-order chi connectivity index (χ1) is 11.5. The van der Waals surface area contributed by atoms with Gasteiger partial charge < -0.3 is 9.88 Å². The number of rotatable bonds is 4. The zero-order valence-corrected chi connectivity index (χ0v) is 13.7. The Kier molecular flexibility index (Phi) is 4.21. The lowest BCUT2D eigenvalue weighted by Crippen LogP contribution is -2.41. The summed E-state index contributed by atoms with van der Waals surface area (Å²) in [5.74, 6) is -0.454. The predicted molar refractivity (Wildman–Crippen MR) is 92.7 cm³/mol. The number of benzene rings is 2. The Bertz CT molecular complexity index is 819. The summed E-state index contributed by atoms with van der Waals surface area (Å²) in [6.45, 7) is 3.79. The van der Waals surface area contributed by atoms with Crippen molar-refractivity contribution in [1.29, 1.82) is 0 Å². The molecule has 1 heterocycles. The van der Waals surface area contributed by atoms with Crippen molar-refractivity contribution in [3.63, 3.8) is 0 Å². The summed E-state index contributed by atoms with van der Waals surface area (Å²) in [6.07, 6.45) is 3.90. The molecule has 24 heavy (non-hydrogen) atoms. The molecule has 1 aromatic heterocycles. The molecule has 0 aliphatic carbocycles. The largest absolute Gasteiger partial charge is 0.343 e. The van der Waals surface area contributed by atoms with Gasteiger partial charge in [-0.05, 0) is 67.9 Å². The van der Waals surface area contributed by atoms with E-state index < -0.39 is 5.54 Å². The number of nitrogens with one attached hydrogen (secondary N) is 1. The van der Waals surface area contributed by atoms with Gasteiger partial charge in [0.15, 0.2) is 0 Å². The molecule has 3 nitrogen and oxygen atoms in total. The molecule has 122 valence electrons. The van der Waals surface area contributed by atoms with Crippen LogP contribution in [0.5, 0.6) is 0 Å².